The van der Waals surface area contributed by atoms with Crippen molar-refractivity contribution in [2.24, 2.45) is 11.7 Å². The van der Waals surface area contributed by atoms with Crippen molar-refractivity contribution in [3.63, 3.8) is 0 Å². The van der Waals surface area contributed by atoms with E-state index in [0.29, 0.717) is 13.2 Å². The standard InChI is InChI=1S/C19H24N2O2/c20-16-8-3-7-15(13-16)19(22)21-11-12-23-18-10-4-6-14-5-1-2-9-17(14)18/h1-2,4-6,9-10,15-16H,3,7-8,11-13,20H2,(H,21,22). The van der Waals surface area contributed by atoms with Gasteiger partial charge in [-0.15, -0.1) is 0 Å². The van der Waals surface area contributed by atoms with Crippen molar-refractivity contribution in [2.45, 2.75) is 31.7 Å². The van der Waals surface area contributed by atoms with E-state index in [4.69, 9.17) is 10.5 Å². The van der Waals surface area contributed by atoms with E-state index in [1.807, 2.05) is 30.3 Å². The largest absolute Gasteiger partial charge is 0.491 e. The Balaban J connectivity index is 1.48. The number of fused-ring (bicyclic) bond motifs is 1. The number of carbonyl (C=O) groups excluding carboxylic acids is 1. The average Bonchev–Trinajstić information content (AvgIpc) is 2.58. The van der Waals surface area contributed by atoms with Crippen molar-refractivity contribution < 1.29 is 9.53 Å². The molecule has 0 spiro atoms. The Bertz CT molecular complexity index is 666. The highest BCUT2D eigenvalue weighted by molar-refractivity contribution is 5.88. The van der Waals surface area contributed by atoms with Gasteiger partial charge in [-0.25, -0.2) is 0 Å². The molecule has 1 fully saturated rings. The lowest BCUT2D eigenvalue weighted by Gasteiger charge is -2.25. The predicted octanol–water partition coefficient (Wildman–Crippen LogP) is 2.85. The zero-order chi connectivity index (χ0) is 16.1. The summed E-state index contributed by atoms with van der Waals surface area (Å²) in [5.41, 5.74) is 5.94. The second-order valence-electron chi connectivity index (χ2n) is 6.24. The third-order valence-corrected chi connectivity index (χ3v) is 4.49. The molecule has 3 rings (SSSR count). The predicted molar refractivity (Wildman–Crippen MR) is 92.4 cm³/mol. The van der Waals surface area contributed by atoms with Gasteiger partial charge in [0.05, 0.1) is 6.54 Å². The average molecular weight is 312 g/mol. The minimum atomic E-state index is 0.0660. The topological polar surface area (TPSA) is 64.4 Å². The Labute approximate surface area is 137 Å². The van der Waals surface area contributed by atoms with Gasteiger partial charge in [-0.2, -0.15) is 0 Å². The normalized spacial score (nSPS) is 21.1. The summed E-state index contributed by atoms with van der Waals surface area (Å²) in [6.45, 7) is 0.992. The number of ether oxygens (including phenoxy) is 1. The van der Waals surface area contributed by atoms with Gasteiger partial charge in [0.25, 0.3) is 0 Å². The molecule has 0 aromatic heterocycles. The molecule has 2 unspecified atom stereocenters. The molecule has 3 N–H and O–H groups in total. The molecule has 2 aromatic rings. The second kappa shape index (κ2) is 7.47. The van der Waals surface area contributed by atoms with Gasteiger partial charge in [-0.1, -0.05) is 42.8 Å². The lowest BCUT2D eigenvalue weighted by molar-refractivity contribution is -0.126. The van der Waals surface area contributed by atoms with Crippen LogP contribution in [-0.2, 0) is 4.79 Å². The van der Waals surface area contributed by atoms with Gasteiger partial charge in [0.1, 0.15) is 12.4 Å². The lowest BCUT2D eigenvalue weighted by atomic mass is 9.85. The minimum absolute atomic E-state index is 0.0660. The summed E-state index contributed by atoms with van der Waals surface area (Å²) in [5.74, 6) is 1.04. The van der Waals surface area contributed by atoms with Gasteiger partial charge < -0.3 is 15.8 Å². The quantitative estimate of drug-likeness (QED) is 0.834. The van der Waals surface area contributed by atoms with E-state index in [1.54, 1.807) is 0 Å². The van der Waals surface area contributed by atoms with E-state index in [9.17, 15) is 4.79 Å². The molecule has 1 aliphatic carbocycles. The molecule has 0 heterocycles. The van der Waals surface area contributed by atoms with Crippen molar-refractivity contribution in [3.8, 4) is 5.75 Å². The van der Waals surface area contributed by atoms with Crippen LogP contribution in [0.25, 0.3) is 10.8 Å². The molecule has 122 valence electrons. The molecule has 0 bridgehead atoms. The SMILES string of the molecule is NC1CCCC(C(=O)NCCOc2cccc3ccccc23)C1. The van der Waals surface area contributed by atoms with Crippen LogP contribution in [-0.4, -0.2) is 25.1 Å². The molecular weight excluding hydrogens is 288 g/mol. The van der Waals surface area contributed by atoms with Gasteiger partial charge in [-0.3, -0.25) is 4.79 Å². The van der Waals surface area contributed by atoms with Gasteiger partial charge >= 0.3 is 0 Å². The number of nitrogens with two attached hydrogens (primary N) is 1. The highest BCUT2D eigenvalue weighted by Gasteiger charge is 2.24. The second-order valence-corrected chi connectivity index (χ2v) is 6.24. The Morgan fingerprint density at radius 3 is 2.87 bits per heavy atom. The highest BCUT2D eigenvalue weighted by atomic mass is 16.5. The summed E-state index contributed by atoms with van der Waals surface area (Å²) in [6.07, 6.45) is 3.83. The first-order valence-corrected chi connectivity index (χ1v) is 8.38. The van der Waals surface area contributed by atoms with Gasteiger partial charge in [0.15, 0.2) is 0 Å². The lowest BCUT2D eigenvalue weighted by Crippen LogP contribution is -2.39. The maximum absolute atomic E-state index is 12.1. The van der Waals surface area contributed by atoms with Crippen molar-refractivity contribution in [3.05, 3.63) is 42.5 Å². The van der Waals surface area contributed by atoms with E-state index in [-0.39, 0.29) is 17.9 Å². The zero-order valence-electron chi connectivity index (χ0n) is 13.3. The van der Waals surface area contributed by atoms with Crippen LogP contribution in [0, 0.1) is 5.92 Å². The molecule has 1 saturated carbocycles. The summed E-state index contributed by atoms with van der Waals surface area (Å²) in [5, 5.41) is 5.23. The molecule has 0 radical (unpaired) electrons. The molecule has 4 nitrogen and oxygen atoms in total. The van der Waals surface area contributed by atoms with E-state index < -0.39 is 0 Å². The minimum Gasteiger partial charge on any atom is -0.491 e. The number of nitrogens with one attached hydrogen (secondary N) is 1. The first-order chi connectivity index (χ1) is 11.2. The van der Waals surface area contributed by atoms with Gasteiger partial charge in [0, 0.05) is 17.3 Å². The number of carbonyl (C=O) groups is 1. The molecule has 1 aliphatic rings. The number of hydrogen-bond acceptors (Lipinski definition) is 3. The summed E-state index contributed by atoms with van der Waals surface area (Å²) in [4.78, 5) is 12.1. The van der Waals surface area contributed by atoms with E-state index in [2.05, 4.69) is 17.4 Å². The monoisotopic (exact) mass is 312 g/mol. The third-order valence-electron chi connectivity index (χ3n) is 4.49. The Morgan fingerprint density at radius 2 is 2.00 bits per heavy atom. The fraction of sp³-hybridized carbons (Fsp3) is 0.421. The smallest absolute Gasteiger partial charge is 0.223 e. The number of amides is 1. The van der Waals surface area contributed by atoms with Crippen molar-refractivity contribution >= 4 is 16.7 Å². The van der Waals surface area contributed by atoms with E-state index >= 15 is 0 Å². The maximum Gasteiger partial charge on any atom is 0.223 e. The van der Waals surface area contributed by atoms with Crippen molar-refractivity contribution in [1.29, 1.82) is 0 Å². The molecular formula is C19H24N2O2. The van der Waals surface area contributed by atoms with Crippen LogP contribution in [0.5, 0.6) is 5.75 Å². The van der Waals surface area contributed by atoms with Crippen LogP contribution in [0.4, 0.5) is 0 Å². The molecule has 0 saturated heterocycles. The summed E-state index contributed by atoms with van der Waals surface area (Å²) in [7, 11) is 0. The van der Waals surface area contributed by atoms with Gasteiger partial charge in [-0.05, 0) is 30.7 Å². The van der Waals surface area contributed by atoms with Crippen LogP contribution in [0.2, 0.25) is 0 Å². The first-order valence-electron chi connectivity index (χ1n) is 8.38. The van der Waals surface area contributed by atoms with Crippen LogP contribution in [0.3, 0.4) is 0 Å². The van der Waals surface area contributed by atoms with Crippen molar-refractivity contribution in [2.75, 3.05) is 13.2 Å². The first kappa shape index (κ1) is 15.8. The number of rotatable bonds is 5. The van der Waals surface area contributed by atoms with Crippen LogP contribution in [0.15, 0.2) is 42.5 Å². The van der Waals surface area contributed by atoms with E-state index in [0.717, 1.165) is 42.2 Å². The summed E-state index contributed by atoms with van der Waals surface area (Å²) < 4.78 is 5.84. The Hall–Kier alpha value is -2.07. The molecule has 4 heteroatoms. The fourth-order valence-electron chi connectivity index (χ4n) is 3.27. The molecule has 1 amide bonds. The van der Waals surface area contributed by atoms with Gasteiger partial charge in [0.2, 0.25) is 5.91 Å². The van der Waals surface area contributed by atoms with Crippen molar-refractivity contribution in [1.82, 2.24) is 5.32 Å². The molecule has 2 aromatic carbocycles. The Morgan fingerprint density at radius 1 is 1.17 bits per heavy atom. The van der Waals surface area contributed by atoms with Crippen LogP contribution < -0.4 is 15.8 Å². The highest BCUT2D eigenvalue weighted by Crippen LogP contribution is 2.25. The third kappa shape index (κ3) is 4.02. The fourth-order valence-corrected chi connectivity index (χ4v) is 3.27. The number of benzene rings is 2. The Kier molecular flexibility index (Phi) is 5.13. The van der Waals surface area contributed by atoms with Crippen LogP contribution >= 0.6 is 0 Å². The molecule has 0 aliphatic heterocycles. The number of hydrogen-bond donors (Lipinski definition) is 2. The van der Waals surface area contributed by atoms with Crippen LogP contribution in [0.1, 0.15) is 25.7 Å². The zero-order valence-corrected chi connectivity index (χ0v) is 13.3. The summed E-state index contributed by atoms with van der Waals surface area (Å²) >= 11 is 0. The maximum atomic E-state index is 12.1. The molecule has 23 heavy (non-hydrogen) atoms. The summed E-state index contributed by atoms with van der Waals surface area (Å²) in [6, 6.07) is 14.3. The van der Waals surface area contributed by atoms with E-state index in [1.165, 1.54) is 0 Å². The molecule has 2 atom stereocenters.